The number of thiazole rings is 1. The molecule has 0 saturated carbocycles. The number of aromatic nitrogens is 4. The molecule has 7 nitrogen and oxygen atoms in total. The number of nitrogens with zero attached hydrogens (tertiary/aromatic N) is 4. The molecule has 0 unspecified atom stereocenters. The highest BCUT2D eigenvalue weighted by Crippen LogP contribution is 2.24. The highest BCUT2D eigenvalue weighted by molar-refractivity contribution is 7.18. The molecule has 146 valence electrons. The fourth-order valence-corrected chi connectivity index (χ4v) is 3.86. The van der Waals surface area contributed by atoms with Crippen molar-refractivity contribution in [1.82, 2.24) is 19.5 Å². The van der Waals surface area contributed by atoms with Gasteiger partial charge >= 0.3 is 0 Å². The lowest BCUT2D eigenvalue weighted by Gasteiger charge is -2.11. The Kier molecular flexibility index (Phi) is 4.94. The van der Waals surface area contributed by atoms with Crippen LogP contribution in [0, 0.1) is 20.8 Å². The van der Waals surface area contributed by atoms with E-state index in [1.165, 1.54) is 4.57 Å². The Labute approximate surface area is 171 Å². The van der Waals surface area contributed by atoms with Crippen LogP contribution in [0.15, 0.2) is 47.7 Å². The molecule has 0 aliphatic heterocycles. The lowest BCUT2D eigenvalue weighted by molar-refractivity contribution is 0.102. The van der Waals surface area contributed by atoms with Crippen molar-refractivity contribution in [3.63, 3.8) is 0 Å². The maximum atomic E-state index is 13.0. The molecule has 4 aromatic rings. The van der Waals surface area contributed by atoms with E-state index in [4.69, 9.17) is 0 Å². The minimum Gasteiger partial charge on any atom is -0.322 e. The van der Waals surface area contributed by atoms with Gasteiger partial charge in [0, 0.05) is 18.1 Å². The predicted molar refractivity (Wildman–Crippen MR) is 114 cm³/mol. The van der Waals surface area contributed by atoms with E-state index in [1.54, 1.807) is 42.9 Å². The molecule has 4 rings (SSSR count). The summed E-state index contributed by atoms with van der Waals surface area (Å²) in [5, 5.41) is 3.79. The maximum Gasteiger partial charge on any atom is 0.264 e. The summed E-state index contributed by atoms with van der Waals surface area (Å²) in [6.45, 7) is 5.79. The summed E-state index contributed by atoms with van der Waals surface area (Å²) in [5.74, 6) is -0.442. The molecule has 3 aromatic heterocycles. The summed E-state index contributed by atoms with van der Waals surface area (Å²) in [7, 11) is 0. The molecule has 0 saturated heterocycles. The highest BCUT2D eigenvalue weighted by Gasteiger charge is 2.17. The van der Waals surface area contributed by atoms with Gasteiger partial charge in [-0.3, -0.25) is 19.6 Å². The van der Waals surface area contributed by atoms with Crippen molar-refractivity contribution in [3.05, 3.63) is 80.7 Å². The van der Waals surface area contributed by atoms with Gasteiger partial charge in [-0.05, 0) is 50.6 Å². The number of amides is 1. The molecule has 0 bridgehead atoms. The van der Waals surface area contributed by atoms with E-state index in [0.717, 1.165) is 20.9 Å². The molecule has 0 aliphatic carbocycles. The van der Waals surface area contributed by atoms with Crippen LogP contribution < -0.4 is 10.9 Å². The number of carbonyl (C=O) groups excluding carboxylic acids is 1. The molecule has 8 heteroatoms. The number of carbonyl (C=O) groups is 1. The second kappa shape index (κ2) is 7.56. The number of hydrogen-bond donors (Lipinski definition) is 1. The van der Waals surface area contributed by atoms with Crippen LogP contribution in [0.4, 0.5) is 5.69 Å². The predicted octanol–water partition coefficient (Wildman–Crippen LogP) is 3.47. The van der Waals surface area contributed by atoms with Crippen molar-refractivity contribution >= 4 is 33.1 Å². The smallest absolute Gasteiger partial charge is 0.264 e. The minimum absolute atomic E-state index is 0.113. The number of nitrogens with one attached hydrogen (secondary N) is 1. The molecule has 0 radical (unpaired) electrons. The van der Waals surface area contributed by atoms with Gasteiger partial charge in [-0.25, -0.2) is 4.98 Å². The van der Waals surface area contributed by atoms with Crippen LogP contribution in [0.3, 0.4) is 0 Å². The van der Waals surface area contributed by atoms with Crippen LogP contribution in [0.5, 0.6) is 0 Å². The van der Waals surface area contributed by atoms with Crippen molar-refractivity contribution < 1.29 is 4.79 Å². The average molecular weight is 405 g/mol. The van der Waals surface area contributed by atoms with Crippen molar-refractivity contribution in [2.24, 2.45) is 0 Å². The van der Waals surface area contributed by atoms with Gasteiger partial charge in [0.25, 0.3) is 11.5 Å². The number of fused-ring (bicyclic) bond motifs is 1. The fraction of sp³-hybridized carbons (Fsp3) is 0.190. The molecule has 1 amide bonds. The summed E-state index contributed by atoms with van der Waals surface area (Å²) >= 11 is 1.60. The van der Waals surface area contributed by atoms with Crippen LogP contribution in [0.1, 0.15) is 32.3 Å². The van der Waals surface area contributed by atoms with E-state index in [0.29, 0.717) is 16.9 Å². The third-order valence-electron chi connectivity index (χ3n) is 4.52. The average Bonchev–Trinajstić information content (AvgIpc) is 3.05. The summed E-state index contributed by atoms with van der Waals surface area (Å²) in [5.41, 5.74) is 3.24. The summed E-state index contributed by atoms with van der Waals surface area (Å²) in [6.07, 6.45) is 4.95. The SMILES string of the molecule is Cc1cnc(Cn2ccc(C)c(C(=O)Nc3ccc4sc(C)nc4c3)c2=O)cn1. The molecule has 0 spiro atoms. The first-order valence-corrected chi connectivity index (χ1v) is 9.88. The minimum atomic E-state index is -0.442. The highest BCUT2D eigenvalue weighted by atomic mass is 32.1. The van der Waals surface area contributed by atoms with Gasteiger partial charge in [0.05, 0.1) is 39.4 Å². The van der Waals surface area contributed by atoms with E-state index in [1.807, 2.05) is 32.0 Å². The first-order chi connectivity index (χ1) is 13.9. The Morgan fingerprint density at radius 3 is 2.72 bits per heavy atom. The molecule has 1 aromatic carbocycles. The third-order valence-corrected chi connectivity index (χ3v) is 5.47. The zero-order valence-electron chi connectivity index (χ0n) is 16.3. The monoisotopic (exact) mass is 405 g/mol. The second-order valence-electron chi connectivity index (χ2n) is 6.83. The normalized spacial score (nSPS) is 11.0. The first kappa shape index (κ1) is 18.9. The van der Waals surface area contributed by atoms with Crippen LogP contribution in [0.25, 0.3) is 10.2 Å². The Hall–Kier alpha value is -3.39. The number of hydrogen-bond acceptors (Lipinski definition) is 6. The lowest BCUT2D eigenvalue weighted by Crippen LogP contribution is -2.30. The van der Waals surface area contributed by atoms with Gasteiger partial charge in [-0.15, -0.1) is 11.3 Å². The molecular weight excluding hydrogens is 386 g/mol. The van der Waals surface area contributed by atoms with Crippen LogP contribution in [0.2, 0.25) is 0 Å². The first-order valence-electron chi connectivity index (χ1n) is 9.07. The van der Waals surface area contributed by atoms with Crippen molar-refractivity contribution in [1.29, 1.82) is 0 Å². The zero-order chi connectivity index (χ0) is 20.5. The van der Waals surface area contributed by atoms with Crippen LogP contribution >= 0.6 is 11.3 Å². The summed E-state index contributed by atoms with van der Waals surface area (Å²) < 4.78 is 2.52. The fourth-order valence-electron chi connectivity index (χ4n) is 3.06. The van der Waals surface area contributed by atoms with E-state index in [9.17, 15) is 9.59 Å². The van der Waals surface area contributed by atoms with Crippen LogP contribution in [-0.2, 0) is 6.54 Å². The maximum absolute atomic E-state index is 13.0. The summed E-state index contributed by atoms with van der Waals surface area (Å²) in [6, 6.07) is 7.30. The molecule has 3 heterocycles. The van der Waals surface area contributed by atoms with Crippen LogP contribution in [-0.4, -0.2) is 25.4 Å². The number of aryl methyl sites for hydroxylation is 3. The Bertz CT molecular complexity index is 1270. The van der Waals surface area contributed by atoms with E-state index in [-0.39, 0.29) is 17.7 Å². The van der Waals surface area contributed by atoms with Gasteiger partial charge < -0.3 is 9.88 Å². The summed E-state index contributed by atoms with van der Waals surface area (Å²) in [4.78, 5) is 38.8. The van der Waals surface area contributed by atoms with Crippen molar-refractivity contribution in [3.8, 4) is 0 Å². The van der Waals surface area contributed by atoms with E-state index in [2.05, 4.69) is 20.3 Å². The Morgan fingerprint density at radius 2 is 1.97 bits per heavy atom. The molecular formula is C21H19N5O2S. The number of rotatable bonds is 4. The lowest BCUT2D eigenvalue weighted by atomic mass is 10.1. The van der Waals surface area contributed by atoms with Gasteiger partial charge in [0.1, 0.15) is 5.56 Å². The number of pyridine rings is 1. The number of benzene rings is 1. The number of anilines is 1. The standard InChI is InChI=1S/C21H19N5O2S/c1-12-6-7-26(11-16-10-22-13(2)9-23-16)21(28)19(12)20(27)25-15-4-5-18-17(8-15)24-14(3)29-18/h4-10H,11H2,1-3H3,(H,25,27). The molecule has 1 N–H and O–H groups in total. The molecule has 0 atom stereocenters. The van der Waals surface area contributed by atoms with E-state index >= 15 is 0 Å². The van der Waals surface area contributed by atoms with Crippen molar-refractivity contribution in [2.75, 3.05) is 5.32 Å². The van der Waals surface area contributed by atoms with Gasteiger partial charge in [0.15, 0.2) is 0 Å². The zero-order valence-corrected chi connectivity index (χ0v) is 17.1. The molecule has 29 heavy (non-hydrogen) atoms. The van der Waals surface area contributed by atoms with Gasteiger partial charge in [0.2, 0.25) is 0 Å². The molecule has 0 aliphatic rings. The van der Waals surface area contributed by atoms with E-state index < -0.39 is 5.91 Å². The van der Waals surface area contributed by atoms with Gasteiger partial charge in [-0.1, -0.05) is 0 Å². The van der Waals surface area contributed by atoms with Gasteiger partial charge in [-0.2, -0.15) is 0 Å². The Balaban J connectivity index is 1.63. The molecule has 0 fully saturated rings. The quantitative estimate of drug-likeness (QED) is 0.561. The third kappa shape index (κ3) is 3.93. The topological polar surface area (TPSA) is 89.8 Å². The van der Waals surface area contributed by atoms with Crippen molar-refractivity contribution in [2.45, 2.75) is 27.3 Å². The Morgan fingerprint density at radius 1 is 1.14 bits per heavy atom. The second-order valence-corrected chi connectivity index (χ2v) is 8.06. The largest absolute Gasteiger partial charge is 0.322 e.